The van der Waals surface area contributed by atoms with Crippen molar-refractivity contribution in [3.63, 3.8) is 0 Å². The van der Waals surface area contributed by atoms with Crippen LogP contribution in [0.15, 0.2) is 18.3 Å². The third kappa shape index (κ3) is 4.37. The summed E-state index contributed by atoms with van der Waals surface area (Å²) in [5.41, 5.74) is 21.2. The van der Waals surface area contributed by atoms with Crippen LogP contribution in [0.3, 0.4) is 0 Å². The van der Waals surface area contributed by atoms with Gasteiger partial charge in [-0.15, -0.1) is 5.10 Å². The van der Waals surface area contributed by atoms with Gasteiger partial charge in [0.2, 0.25) is 5.95 Å². The summed E-state index contributed by atoms with van der Waals surface area (Å²) in [5, 5.41) is 22.3. The number of nitrogens with two attached hydrogens (primary N) is 3. The van der Waals surface area contributed by atoms with Crippen LogP contribution < -0.4 is 32.7 Å². The molecule has 182 valence electrons. The number of aliphatic hydroxyl groups excluding tert-OH is 1. The van der Waals surface area contributed by atoms with E-state index < -0.39 is 11.6 Å². The van der Waals surface area contributed by atoms with E-state index in [-0.39, 0.29) is 0 Å². The third-order valence-corrected chi connectivity index (χ3v) is 6.97. The molecule has 3 aromatic rings. The third-order valence-electron chi connectivity index (χ3n) is 6.57. The number of hydrogen-bond donors (Lipinski definition) is 6. The Morgan fingerprint density at radius 3 is 2.74 bits per heavy atom. The Morgan fingerprint density at radius 2 is 2.06 bits per heavy atom. The number of halogens is 1. The summed E-state index contributed by atoms with van der Waals surface area (Å²) in [5.74, 6) is 1.01. The van der Waals surface area contributed by atoms with Crippen molar-refractivity contribution in [2.45, 2.75) is 57.0 Å². The highest BCUT2D eigenvalue weighted by Gasteiger charge is 2.35. The summed E-state index contributed by atoms with van der Waals surface area (Å²) >= 11 is 6.86. The number of aliphatic hydroxyl groups is 1. The molecule has 1 saturated carbocycles. The van der Waals surface area contributed by atoms with Crippen LogP contribution in [-0.4, -0.2) is 55.5 Å². The zero-order chi connectivity index (χ0) is 24.0. The first-order valence-electron chi connectivity index (χ1n) is 11.5. The Bertz CT molecular complexity index is 1210. The second-order valence-electron chi connectivity index (χ2n) is 9.41. The number of aromatic nitrogens is 4. The Balaban J connectivity index is 1.51. The highest BCUT2D eigenvalue weighted by molar-refractivity contribution is 6.36. The van der Waals surface area contributed by atoms with Crippen LogP contribution in [0.2, 0.25) is 5.02 Å². The highest BCUT2D eigenvalue weighted by atomic mass is 35.5. The van der Waals surface area contributed by atoms with Crippen molar-refractivity contribution in [3.05, 3.63) is 34.6 Å². The summed E-state index contributed by atoms with van der Waals surface area (Å²) in [6.07, 6.45) is 3.87. The molecule has 0 spiro atoms. The summed E-state index contributed by atoms with van der Waals surface area (Å²) < 4.78 is 1.70. The van der Waals surface area contributed by atoms with Gasteiger partial charge >= 0.3 is 0 Å². The Morgan fingerprint density at radius 1 is 1.26 bits per heavy atom. The van der Waals surface area contributed by atoms with Crippen molar-refractivity contribution in [2.24, 2.45) is 17.2 Å². The van der Waals surface area contributed by atoms with Crippen LogP contribution in [0.5, 0.6) is 0 Å². The second kappa shape index (κ2) is 8.82. The quantitative estimate of drug-likeness (QED) is 0.286. The minimum atomic E-state index is -0.673. The van der Waals surface area contributed by atoms with Gasteiger partial charge in [0, 0.05) is 37.8 Å². The summed E-state index contributed by atoms with van der Waals surface area (Å²) in [6.45, 7) is 3.55. The van der Waals surface area contributed by atoms with Gasteiger partial charge in [-0.1, -0.05) is 11.6 Å². The van der Waals surface area contributed by atoms with Crippen molar-refractivity contribution < 1.29 is 5.11 Å². The van der Waals surface area contributed by atoms with Crippen LogP contribution in [0.1, 0.15) is 37.4 Å². The van der Waals surface area contributed by atoms with Crippen LogP contribution in [0, 0.1) is 0 Å². The number of nitrogens with zero attached hydrogens (tertiary/aromatic N) is 5. The first-order chi connectivity index (χ1) is 16.3. The fourth-order valence-corrected chi connectivity index (χ4v) is 4.41. The number of rotatable bonds is 7. The molecule has 2 aliphatic rings. The molecule has 0 radical (unpaired) electrons. The minimum absolute atomic E-state index is 0.297. The molecule has 1 aliphatic heterocycles. The number of nitrogens with one attached hydrogen (secondary N) is 2. The number of fused-ring (bicyclic) bond motifs is 1. The highest BCUT2D eigenvalue weighted by Crippen LogP contribution is 2.38. The minimum Gasteiger partial charge on any atom is -0.389 e. The lowest BCUT2D eigenvalue weighted by Crippen LogP contribution is -2.59. The van der Waals surface area contributed by atoms with Crippen molar-refractivity contribution in [1.82, 2.24) is 19.6 Å². The molecule has 1 aliphatic carbocycles. The van der Waals surface area contributed by atoms with Gasteiger partial charge < -0.3 is 37.8 Å². The molecule has 34 heavy (non-hydrogen) atoms. The van der Waals surface area contributed by atoms with E-state index >= 15 is 0 Å². The van der Waals surface area contributed by atoms with Gasteiger partial charge in [-0.25, -0.2) is 9.50 Å². The number of anilines is 4. The Kier molecular flexibility index (Phi) is 5.98. The summed E-state index contributed by atoms with van der Waals surface area (Å²) in [7, 11) is 0. The predicted octanol–water partition coefficient (Wildman–Crippen LogP) is 1.30. The maximum absolute atomic E-state index is 10.5. The van der Waals surface area contributed by atoms with Gasteiger partial charge in [0.1, 0.15) is 0 Å². The standard InChI is InChI=1S/C22H31ClN10O/c1-22(26)4-5-32(11-17(22)34)16-7-12(8-24)6-15(18(16)23)29-21-30-19(28-13-2-3-13)20-27-10-14(9-25)33(20)31-21/h6-7,10,13,17,34H,2-5,8-9,11,24-26H2,1H3,(H2,28,29,30,31)/t17-,22-/m0/s1. The van der Waals surface area contributed by atoms with Gasteiger partial charge in [-0.05, 0) is 43.9 Å². The number of imidazole rings is 1. The maximum atomic E-state index is 10.5. The molecule has 1 aromatic carbocycles. The van der Waals surface area contributed by atoms with Gasteiger partial charge in [0.05, 0.1) is 34.4 Å². The molecule has 2 aromatic heterocycles. The van der Waals surface area contributed by atoms with Crippen molar-refractivity contribution in [1.29, 1.82) is 0 Å². The van der Waals surface area contributed by atoms with Crippen molar-refractivity contribution in [2.75, 3.05) is 28.6 Å². The lowest BCUT2D eigenvalue weighted by molar-refractivity contribution is 0.0795. The van der Waals surface area contributed by atoms with E-state index in [0.29, 0.717) is 66.8 Å². The van der Waals surface area contributed by atoms with Crippen molar-refractivity contribution in [3.8, 4) is 0 Å². The average molecular weight is 487 g/mol. The van der Waals surface area contributed by atoms with Gasteiger partial charge in [-0.2, -0.15) is 4.98 Å². The van der Waals surface area contributed by atoms with Crippen molar-refractivity contribution >= 4 is 40.4 Å². The monoisotopic (exact) mass is 486 g/mol. The van der Waals surface area contributed by atoms with E-state index in [4.69, 9.17) is 28.8 Å². The van der Waals surface area contributed by atoms with Gasteiger partial charge in [0.25, 0.3) is 0 Å². The topological polar surface area (TPSA) is 169 Å². The number of benzene rings is 1. The van der Waals surface area contributed by atoms with Crippen LogP contribution in [-0.2, 0) is 13.1 Å². The van der Waals surface area contributed by atoms with Crippen LogP contribution >= 0.6 is 11.6 Å². The first kappa shape index (κ1) is 23.1. The van der Waals surface area contributed by atoms with Gasteiger partial charge in [0.15, 0.2) is 11.5 Å². The zero-order valence-electron chi connectivity index (χ0n) is 19.1. The molecule has 5 rings (SSSR count). The lowest BCUT2D eigenvalue weighted by Gasteiger charge is -2.42. The molecule has 2 fully saturated rings. The second-order valence-corrected chi connectivity index (χ2v) is 9.79. The lowest BCUT2D eigenvalue weighted by atomic mass is 9.88. The number of β-amino-alcohol motifs (C(OH)–C–C–N with tert-alkyl or cyclic N) is 1. The van der Waals surface area contributed by atoms with Crippen LogP contribution in [0.25, 0.3) is 5.65 Å². The SMILES string of the molecule is C[C@]1(N)CCN(c2cc(CN)cc(Nc3nc(NC4CC4)c4ncc(CN)n4n3)c2Cl)C[C@@H]1O. The Labute approximate surface area is 202 Å². The van der Waals surface area contributed by atoms with Gasteiger partial charge in [-0.3, -0.25) is 0 Å². The molecule has 9 N–H and O–H groups in total. The molecular formula is C22H31ClN10O. The van der Waals surface area contributed by atoms with Crippen LogP contribution in [0.4, 0.5) is 23.1 Å². The van der Waals surface area contributed by atoms with E-state index in [1.165, 1.54) is 0 Å². The smallest absolute Gasteiger partial charge is 0.247 e. The molecule has 3 heterocycles. The van der Waals surface area contributed by atoms with E-state index in [1.807, 2.05) is 24.0 Å². The molecule has 0 bridgehead atoms. The molecule has 12 heteroatoms. The van der Waals surface area contributed by atoms with E-state index in [0.717, 1.165) is 29.8 Å². The summed E-state index contributed by atoms with van der Waals surface area (Å²) in [6, 6.07) is 4.23. The fourth-order valence-electron chi connectivity index (χ4n) is 4.13. The van der Waals surface area contributed by atoms with E-state index in [2.05, 4.69) is 25.7 Å². The average Bonchev–Trinajstić information content (AvgIpc) is 3.53. The molecular weight excluding hydrogens is 456 g/mol. The fraction of sp³-hybridized carbons (Fsp3) is 0.500. The first-order valence-corrected chi connectivity index (χ1v) is 11.9. The number of hydrogen-bond acceptors (Lipinski definition) is 10. The molecule has 2 atom stereocenters. The predicted molar refractivity (Wildman–Crippen MR) is 133 cm³/mol. The molecule has 0 unspecified atom stereocenters. The maximum Gasteiger partial charge on any atom is 0.247 e. The largest absolute Gasteiger partial charge is 0.389 e. The van der Waals surface area contributed by atoms with E-state index in [1.54, 1.807) is 10.7 Å². The molecule has 11 nitrogen and oxygen atoms in total. The number of piperidine rings is 1. The normalized spacial score (nSPS) is 22.9. The Hall–Kier alpha value is -2.70. The molecule has 0 amide bonds. The summed E-state index contributed by atoms with van der Waals surface area (Å²) in [4.78, 5) is 11.2. The zero-order valence-corrected chi connectivity index (χ0v) is 19.9. The molecule has 1 saturated heterocycles. The van der Waals surface area contributed by atoms with E-state index in [9.17, 15) is 5.11 Å².